The van der Waals surface area contributed by atoms with Crippen LogP contribution in [0.1, 0.15) is 36.3 Å². The fourth-order valence-electron chi connectivity index (χ4n) is 4.20. The molecule has 0 aliphatic carbocycles. The van der Waals surface area contributed by atoms with Crippen LogP contribution in [0.25, 0.3) is 10.6 Å². The van der Waals surface area contributed by atoms with Crippen LogP contribution >= 0.6 is 11.3 Å². The molecule has 1 fully saturated rings. The Morgan fingerprint density at radius 3 is 2.67 bits per heavy atom. The second-order valence-electron chi connectivity index (χ2n) is 8.54. The van der Waals surface area contributed by atoms with Gasteiger partial charge in [-0.15, -0.1) is 11.3 Å². The number of rotatable bonds is 8. The van der Waals surface area contributed by atoms with E-state index in [0.29, 0.717) is 25.1 Å². The zero-order valence-corrected chi connectivity index (χ0v) is 20.6. The number of aryl methyl sites for hydroxylation is 1. The third-order valence-corrected chi connectivity index (χ3v) is 6.96. The van der Waals surface area contributed by atoms with Crippen molar-refractivity contribution in [2.24, 2.45) is 0 Å². The molecule has 1 aliphatic rings. The van der Waals surface area contributed by atoms with Gasteiger partial charge in [-0.25, -0.2) is 4.68 Å². The van der Waals surface area contributed by atoms with Crippen molar-refractivity contribution < 1.29 is 14.3 Å². The molecule has 8 nitrogen and oxygen atoms in total. The zero-order chi connectivity index (χ0) is 24.9. The minimum Gasteiger partial charge on any atom is -0.497 e. The van der Waals surface area contributed by atoms with Crippen molar-refractivity contribution in [3.63, 3.8) is 0 Å². The highest BCUT2D eigenvalue weighted by Gasteiger charge is 2.30. The van der Waals surface area contributed by atoms with E-state index in [-0.39, 0.29) is 17.9 Å². The minimum atomic E-state index is -0.609. The van der Waals surface area contributed by atoms with Gasteiger partial charge in [0.05, 0.1) is 12.0 Å². The highest BCUT2D eigenvalue weighted by Crippen LogP contribution is 2.30. The lowest BCUT2D eigenvalue weighted by atomic mass is 10.0. The molecule has 5 rings (SSSR count). The lowest BCUT2D eigenvalue weighted by molar-refractivity contribution is -0.125. The standard InChI is InChI=1S/C27H27N5O3S/c1-35-20-12-9-18(10-13-20)11-14-25(33)29-24-16-22(23-8-5-15-36-23)31-32(24)27-28-21(17-26(34)30-27)19-6-3-2-4-7-19/h2-10,12-13,15-16,21,27-28H,11,14,17H2,1H3,(H,29,33)(H,30,34). The number of carbonyl (C=O) groups is 2. The molecule has 0 bridgehead atoms. The van der Waals surface area contributed by atoms with Crippen LogP contribution in [-0.4, -0.2) is 28.7 Å². The van der Waals surface area contributed by atoms with Crippen molar-refractivity contribution in [1.29, 1.82) is 0 Å². The normalized spacial score (nSPS) is 17.4. The van der Waals surface area contributed by atoms with E-state index in [1.807, 2.05) is 78.2 Å². The third-order valence-electron chi connectivity index (χ3n) is 6.07. The minimum absolute atomic E-state index is 0.0856. The number of thiophene rings is 1. The maximum Gasteiger partial charge on any atom is 0.225 e. The van der Waals surface area contributed by atoms with Crippen LogP contribution in [0.5, 0.6) is 5.75 Å². The van der Waals surface area contributed by atoms with Gasteiger partial charge in [0.15, 0.2) is 6.29 Å². The maximum atomic E-state index is 12.9. The summed E-state index contributed by atoms with van der Waals surface area (Å²) in [5.41, 5.74) is 2.80. The lowest BCUT2D eigenvalue weighted by Gasteiger charge is -2.32. The van der Waals surface area contributed by atoms with Gasteiger partial charge in [-0.2, -0.15) is 5.10 Å². The van der Waals surface area contributed by atoms with Gasteiger partial charge in [-0.3, -0.25) is 14.9 Å². The third kappa shape index (κ3) is 5.48. The fraction of sp³-hybridized carbons (Fsp3) is 0.222. The smallest absolute Gasteiger partial charge is 0.225 e. The second kappa shape index (κ2) is 10.8. The Morgan fingerprint density at radius 1 is 1.14 bits per heavy atom. The summed E-state index contributed by atoms with van der Waals surface area (Å²) in [6.07, 6.45) is 0.615. The van der Waals surface area contributed by atoms with Gasteiger partial charge in [0, 0.05) is 24.9 Å². The number of hydrogen-bond donors (Lipinski definition) is 3. The highest BCUT2D eigenvalue weighted by atomic mass is 32.1. The van der Waals surface area contributed by atoms with E-state index in [0.717, 1.165) is 27.4 Å². The molecule has 1 saturated heterocycles. The average molecular weight is 502 g/mol. The number of anilines is 1. The van der Waals surface area contributed by atoms with Crippen molar-refractivity contribution in [3.8, 4) is 16.3 Å². The number of hydrogen-bond acceptors (Lipinski definition) is 6. The molecule has 0 radical (unpaired) electrons. The Kier molecular flexibility index (Phi) is 7.11. The van der Waals surface area contributed by atoms with E-state index < -0.39 is 6.29 Å². The first-order chi connectivity index (χ1) is 17.6. The van der Waals surface area contributed by atoms with Gasteiger partial charge in [-0.05, 0) is 41.1 Å². The first-order valence-electron chi connectivity index (χ1n) is 11.8. The Hall–Kier alpha value is -3.95. The molecule has 3 heterocycles. The van der Waals surface area contributed by atoms with Gasteiger partial charge >= 0.3 is 0 Å². The van der Waals surface area contributed by atoms with Crippen LogP contribution in [0, 0.1) is 0 Å². The average Bonchev–Trinajstić information content (AvgIpc) is 3.58. The predicted octanol–water partition coefficient (Wildman–Crippen LogP) is 4.50. The molecular weight excluding hydrogens is 474 g/mol. The van der Waals surface area contributed by atoms with E-state index in [2.05, 4.69) is 16.0 Å². The van der Waals surface area contributed by atoms with Crippen LogP contribution in [0.3, 0.4) is 0 Å². The number of aromatic nitrogens is 2. The van der Waals surface area contributed by atoms with Crippen molar-refractivity contribution in [2.45, 2.75) is 31.6 Å². The molecule has 184 valence electrons. The summed E-state index contributed by atoms with van der Waals surface area (Å²) in [6, 6.07) is 23.1. The van der Waals surface area contributed by atoms with Gasteiger partial charge in [0.25, 0.3) is 0 Å². The molecule has 9 heteroatoms. The van der Waals surface area contributed by atoms with Crippen LogP contribution in [0.15, 0.2) is 78.2 Å². The van der Waals surface area contributed by atoms with Crippen molar-refractivity contribution in [2.75, 3.05) is 12.4 Å². The summed E-state index contributed by atoms with van der Waals surface area (Å²) in [7, 11) is 1.63. The highest BCUT2D eigenvalue weighted by molar-refractivity contribution is 7.13. The summed E-state index contributed by atoms with van der Waals surface area (Å²) in [6.45, 7) is 0. The SMILES string of the molecule is COc1ccc(CCC(=O)Nc2cc(-c3cccs3)nn2C2NC(=O)CC(c3ccccc3)N2)cc1. The van der Waals surface area contributed by atoms with Gasteiger partial charge in [0.2, 0.25) is 11.8 Å². The Labute approximate surface area is 213 Å². The van der Waals surface area contributed by atoms with Gasteiger partial charge in [-0.1, -0.05) is 48.5 Å². The molecule has 3 N–H and O–H groups in total. The number of nitrogens with zero attached hydrogens (tertiary/aromatic N) is 2. The van der Waals surface area contributed by atoms with Crippen LogP contribution in [0.2, 0.25) is 0 Å². The number of benzene rings is 2. The molecule has 2 atom stereocenters. The number of ether oxygens (including phenoxy) is 1. The molecule has 4 aromatic rings. The first kappa shape index (κ1) is 23.8. The number of amides is 2. The number of nitrogens with one attached hydrogen (secondary N) is 3. The van der Waals surface area contributed by atoms with Crippen molar-refractivity contribution >= 4 is 29.0 Å². The van der Waals surface area contributed by atoms with E-state index >= 15 is 0 Å². The summed E-state index contributed by atoms with van der Waals surface area (Å²) >= 11 is 1.57. The summed E-state index contributed by atoms with van der Waals surface area (Å²) in [4.78, 5) is 26.5. The molecule has 0 saturated carbocycles. The van der Waals surface area contributed by atoms with Gasteiger partial charge < -0.3 is 15.4 Å². The first-order valence-corrected chi connectivity index (χ1v) is 12.6. The number of methoxy groups -OCH3 is 1. The van der Waals surface area contributed by atoms with Crippen LogP contribution in [-0.2, 0) is 16.0 Å². The quantitative estimate of drug-likeness (QED) is 0.330. The summed E-state index contributed by atoms with van der Waals surface area (Å²) < 4.78 is 6.84. The van der Waals surface area contributed by atoms with Crippen molar-refractivity contribution in [1.82, 2.24) is 20.4 Å². The maximum absolute atomic E-state index is 12.9. The predicted molar refractivity (Wildman–Crippen MR) is 140 cm³/mol. The Morgan fingerprint density at radius 2 is 1.94 bits per heavy atom. The fourth-order valence-corrected chi connectivity index (χ4v) is 4.89. The second-order valence-corrected chi connectivity index (χ2v) is 9.48. The topological polar surface area (TPSA) is 97.3 Å². The van der Waals surface area contributed by atoms with E-state index in [1.54, 1.807) is 23.1 Å². The van der Waals surface area contributed by atoms with E-state index in [9.17, 15) is 9.59 Å². The Balaban J connectivity index is 1.36. The van der Waals surface area contributed by atoms with Crippen molar-refractivity contribution in [3.05, 3.63) is 89.3 Å². The van der Waals surface area contributed by atoms with Crippen LogP contribution in [0.4, 0.5) is 5.82 Å². The van der Waals surface area contributed by atoms with Gasteiger partial charge in [0.1, 0.15) is 17.3 Å². The van der Waals surface area contributed by atoms with E-state index in [4.69, 9.17) is 9.84 Å². The molecule has 0 spiro atoms. The van der Waals surface area contributed by atoms with Crippen LogP contribution < -0.4 is 20.7 Å². The summed E-state index contributed by atoms with van der Waals surface area (Å²) in [5, 5.41) is 16.2. The zero-order valence-electron chi connectivity index (χ0n) is 19.8. The molecule has 2 amide bonds. The van der Waals surface area contributed by atoms with E-state index in [1.165, 1.54) is 0 Å². The molecule has 1 aliphatic heterocycles. The molecule has 36 heavy (non-hydrogen) atoms. The monoisotopic (exact) mass is 501 g/mol. The Bertz CT molecular complexity index is 1320. The molecule has 2 aromatic carbocycles. The molecule has 2 unspecified atom stereocenters. The molecular formula is C27H27N5O3S. The largest absolute Gasteiger partial charge is 0.497 e. The lowest BCUT2D eigenvalue weighted by Crippen LogP contribution is -2.50. The molecule has 2 aromatic heterocycles. The number of carbonyl (C=O) groups excluding carboxylic acids is 2. The summed E-state index contributed by atoms with van der Waals surface area (Å²) in [5.74, 6) is 1.08.